The number of methoxy groups -OCH3 is 1. The van der Waals surface area contributed by atoms with Crippen molar-refractivity contribution in [3.8, 4) is 11.5 Å². The van der Waals surface area contributed by atoms with Crippen molar-refractivity contribution in [3.63, 3.8) is 0 Å². The molecule has 0 unspecified atom stereocenters. The minimum absolute atomic E-state index is 0.312. The van der Waals surface area contributed by atoms with Gasteiger partial charge in [-0.1, -0.05) is 12.1 Å². The molecular weight excluding hydrogens is 376 g/mol. The molecule has 3 aromatic rings. The van der Waals surface area contributed by atoms with Crippen molar-refractivity contribution in [2.24, 2.45) is 5.10 Å². The molecule has 0 fully saturated rings. The van der Waals surface area contributed by atoms with Gasteiger partial charge in [-0.3, -0.25) is 10.1 Å². The Bertz CT molecular complexity index is 986. The Morgan fingerprint density at radius 3 is 2.55 bits per heavy atom. The van der Waals surface area contributed by atoms with Crippen LogP contribution in [0.4, 0.5) is 10.5 Å². The molecule has 0 aliphatic rings. The second-order valence-corrected chi connectivity index (χ2v) is 5.65. The summed E-state index contributed by atoms with van der Waals surface area (Å²) in [5.41, 5.74) is 1.27. The summed E-state index contributed by atoms with van der Waals surface area (Å²) < 4.78 is 12.0. The fourth-order valence-electron chi connectivity index (χ4n) is 2.25. The third-order valence-electron chi connectivity index (χ3n) is 3.60. The second kappa shape index (κ2) is 9.65. The van der Waals surface area contributed by atoms with Crippen LogP contribution in [0.5, 0.6) is 11.5 Å². The predicted octanol–water partition coefficient (Wildman–Crippen LogP) is 1.90. The zero-order chi connectivity index (χ0) is 20.5. The van der Waals surface area contributed by atoms with Crippen LogP contribution < -0.4 is 20.1 Å². The van der Waals surface area contributed by atoms with Gasteiger partial charge in [-0.05, 0) is 42.0 Å². The lowest BCUT2D eigenvalue weighted by Crippen LogP contribution is -2.37. The van der Waals surface area contributed by atoms with Crippen LogP contribution in [0.25, 0.3) is 0 Å². The lowest BCUT2D eigenvalue weighted by molar-refractivity contribution is -0.121. The Kier molecular flexibility index (Phi) is 6.50. The summed E-state index contributed by atoms with van der Waals surface area (Å²) in [6.45, 7) is -0.312. The van der Waals surface area contributed by atoms with E-state index in [1.165, 1.54) is 24.4 Å². The number of benzene rings is 2. The number of para-hydroxylation sites is 2. The van der Waals surface area contributed by atoms with Gasteiger partial charge < -0.3 is 14.8 Å². The van der Waals surface area contributed by atoms with E-state index in [0.29, 0.717) is 17.2 Å². The van der Waals surface area contributed by atoms with Crippen LogP contribution in [0.15, 0.2) is 66.3 Å². The monoisotopic (exact) mass is 394 g/mol. The molecule has 0 saturated heterocycles. The maximum atomic E-state index is 11.9. The number of aromatic nitrogens is 3. The molecule has 3 rings (SSSR count). The minimum atomic E-state index is -0.677. The summed E-state index contributed by atoms with van der Waals surface area (Å²) in [6, 6.07) is 13.1. The van der Waals surface area contributed by atoms with E-state index >= 15 is 0 Å². The largest absolute Gasteiger partial charge is 0.495 e. The SMILES string of the molecule is COc1ccccc1NC(=O)NC(=O)COc1ccc(/C=N/n2cnnc2)cc1. The number of ether oxygens (including phenoxy) is 2. The Labute approximate surface area is 166 Å². The highest BCUT2D eigenvalue weighted by Crippen LogP contribution is 2.22. The molecule has 0 spiro atoms. The summed E-state index contributed by atoms with van der Waals surface area (Å²) in [4.78, 5) is 23.8. The van der Waals surface area contributed by atoms with Gasteiger partial charge in [-0.25, -0.2) is 9.47 Å². The molecule has 0 radical (unpaired) electrons. The lowest BCUT2D eigenvalue weighted by atomic mass is 10.2. The van der Waals surface area contributed by atoms with Crippen molar-refractivity contribution in [3.05, 3.63) is 66.7 Å². The topological polar surface area (TPSA) is 120 Å². The van der Waals surface area contributed by atoms with Crippen molar-refractivity contribution in [2.75, 3.05) is 19.0 Å². The lowest BCUT2D eigenvalue weighted by Gasteiger charge is -2.10. The average Bonchev–Trinajstić information content (AvgIpc) is 3.25. The van der Waals surface area contributed by atoms with Crippen LogP contribution in [0.1, 0.15) is 5.56 Å². The summed E-state index contributed by atoms with van der Waals surface area (Å²) in [5, 5.41) is 16.2. The van der Waals surface area contributed by atoms with Gasteiger partial charge in [0.15, 0.2) is 6.61 Å². The fourth-order valence-corrected chi connectivity index (χ4v) is 2.25. The van der Waals surface area contributed by atoms with Gasteiger partial charge in [0, 0.05) is 0 Å². The first-order valence-electron chi connectivity index (χ1n) is 8.50. The van der Waals surface area contributed by atoms with Crippen molar-refractivity contribution in [1.82, 2.24) is 20.2 Å². The Balaban J connectivity index is 1.45. The molecule has 10 heteroatoms. The molecular formula is C19H18N6O4. The molecule has 0 bridgehead atoms. The van der Waals surface area contributed by atoms with E-state index in [1.54, 1.807) is 54.7 Å². The zero-order valence-electron chi connectivity index (χ0n) is 15.5. The van der Waals surface area contributed by atoms with Crippen molar-refractivity contribution < 1.29 is 19.1 Å². The molecule has 29 heavy (non-hydrogen) atoms. The molecule has 0 atom stereocenters. The molecule has 2 aromatic carbocycles. The van der Waals surface area contributed by atoms with Gasteiger partial charge >= 0.3 is 6.03 Å². The smallest absolute Gasteiger partial charge is 0.326 e. The van der Waals surface area contributed by atoms with E-state index in [-0.39, 0.29) is 6.61 Å². The highest BCUT2D eigenvalue weighted by Gasteiger charge is 2.11. The number of imide groups is 1. The number of hydrogen-bond donors (Lipinski definition) is 2. The molecule has 2 N–H and O–H groups in total. The number of nitrogens with one attached hydrogen (secondary N) is 2. The maximum absolute atomic E-state index is 11.9. The zero-order valence-corrected chi connectivity index (χ0v) is 15.5. The fraction of sp³-hybridized carbons (Fsp3) is 0.105. The van der Waals surface area contributed by atoms with Crippen molar-refractivity contribution in [1.29, 1.82) is 0 Å². The van der Waals surface area contributed by atoms with Gasteiger partial charge in [0.2, 0.25) is 0 Å². The number of rotatable bonds is 7. The molecule has 3 amide bonds. The second-order valence-electron chi connectivity index (χ2n) is 5.65. The van der Waals surface area contributed by atoms with Crippen LogP contribution in [0.3, 0.4) is 0 Å². The van der Waals surface area contributed by atoms with E-state index in [9.17, 15) is 9.59 Å². The number of carbonyl (C=O) groups excluding carboxylic acids is 2. The third-order valence-corrected chi connectivity index (χ3v) is 3.60. The van der Waals surface area contributed by atoms with Crippen molar-refractivity contribution >= 4 is 23.8 Å². The normalized spacial score (nSPS) is 10.5. The van der Waals surface area contributed by atoms with Gasteiger partial charge in [0.25, 0.3) is 5.91 Å². The number of amides is 3. The molecule has 1 aromatic heterocycles. The summed E-state index contributed by atoms with van der Waals surface area (Å²) in [7, 11) is 1.49. The van der Waals surface area contributed by atoms with E-state index in [0.717, 1.165) is 5.56 Å². The van der Waals surface area contributed by atoms with E-state index in [2.05, 4.69) is 25.9 Å². The van der Waals surface area contributed by atoms with E-state index in [1.807, 2.05) is 0 Å². The highest BCUT2D eigenvalue weighted by atomic mass is 16.5. The molecule has 1 heterocycles. The average molecular weight is 394 g/mol. The summed E-state index contributed by atoms with van der Waals surface area (Å²) in [6.07, 6.45) is 4.56. The van der Waals surface area contributed by atoms with Gasteiger partial charge in [0.05, 0.1) is 19.0 Å². The van der Waals surface area contributed by atoms with E-state index < -0.39 is 11.9 Å². The van der Waals surface area contributed by atoms with Crippen LogP contribution in [-0.2, 0) is 4.79 Å². The minimum Gasteiger partial charge on any atom is -0.495 e. The predicted molar refractivity (Wildman–Crippen MR) is 105 cm³/mol. The maximum Gasteiger partial charge on any atom is 0.326 e. The molecule has 0 aliphatic carbocycles. The van der Waals surface area contributed by atoms with Gasteiger partial charge in [0.1, 0.15) is 24.2 Å². The van der Waals surface area contributed by atoms with Crippen LogP contribution in [-0.4, -0.2) is 46.7 Å². The Hall–Kier alpha value is -4.21. The summed E-state index contributed by atoms with van der Waals surface area (Å²) >= 11 is 0. The van der Waals surface area contributed by atoms with E-state index in [4.69, 9.17) is 9.47 Å². The number of hydrogen-bond acceptors (Lipinski definition) is 7. The van der Waals surface area contributed by atoms with Crippen LogP contribution >= 0.6 is 0 Å². The number of anilines is 1. The molecule has 148 valence electrons. The Morgan fingerprint density at radius 2 is 1.83 bits per heavy atom. The quantitative estimate of drug-likeness (QED) is 0.591. The number of nitrogens with zero attached hydrogens (tertiary/aromatic N) is 4. The van der Waals surface area contributed by atoms with Gasteiger partial charge in [-0.15, -0.1) is 10.2 Å². The van der Waals surface area contributed by atoms with Crippen LogP contribution in [0, 0.1) is 0 Å². The first-order valence-corrected chi connectivity index (χ1v) is 8.50. The third kappa shape index (κ3) is 5.89. The first kappa shape index (κ1) is 19.5. The Morgan fingerprint density at radius 1 is 1.10 bits per heavy atom. The molecule has 10 nitrogen and oxygen atoms in total. The molecule has 0 aliphatic heterocycles. The standard InChI is InChI=1S/C19H18N6O4/c1-28-17-5-3-2-4-16(17)23-19(27)24-18(26)11-29-15-8-6-14(7-9-15)10-22-25-12-20-21-13-25/h2-10,12-13H,11H2,1H3,(H2,23,24,26,27)/b22-10+. The first-order chi connectivity index (χ1) is 14.1. The number of carbonyl (C=O) groups is 2. The highest BCUT2D eigenvalue weighted by molar-refractivity contribution is 6.02. The number of urea groups is 1. The van der Waals surface area contributed by atoms with Crippen LogP contribution in [0.2, 0.25) is 0 Å². The van der Waals surface area contributed by atoms with Gasteiger partial charge in [-0.2, -0.15) is 5.10 Å². The molecule has 0 saturated carbocycles. The summed E-state index contributed by atoms with van der Waals surface area (Å²) in [5.74, 6) is 0.377. The van der Waals surface area contributed by atoms with Crippen molar-refractivity contribution in [2.45, 2.75) is 0 Å².